The van der Waals surface area contributed by atoms with E-state index in [2.05, 4.69) is 4.98 Å². The Morgan fingerprint density at radius 3 is 2.46 bits per heavy atom. The molecular formula is C21H18ClNO3. The Labute approximate surface area is 156 Å². The van der Waals surface area contributed by atoms with E-state index in [4.69, 9.17) is 16.3 Å². The molecule has 3 aromatic rings. The van der Waals surface area contributed by atoms with Gasteiger partial charge in [0.15, 0.2) is 0 Å². The van der Waals surface area contributed by atoms with Crippen LogP contribution in [0.3, 0.4) is 0 Å². The van der Waals surface area contributed by atoms with Gasteiger partial charge in [-0.2, -0.15) is 0 Å². The summed E-state index contributed by atoms with van der Waals surface area (Å²) in [7, 11) is 1.35. The van der Waals surface area contributed by atoms with Crippen molar-refractivity contribution in [2.75, 3.05) is 7.11 Å². The standard InChI is InChI=1S/C21H18ClNO3/c1-13(24)9-18-17-6-4-3-5-16(17)15(11-19(18)21(25)26-2)10-14-7-8-20(22)23-12-14/h3-8,11-12H,9-10H2,1-2H3. The average Bonchev–Trinajstić information content (AvgIpc) is 2.64. The molecule has 0 radical (unpaired) electrons. The molecule has 0 bridgehead atoms. The van der Waals surface area contributed by atoms with E-state index in [-0.39, 0.29) is 12.2 Å². The molecule has 0 atom stereocenters. The van der Waals surface area contributed by atoms with Crippen LogP contribution in [-0.2, 0) is 22.4 Å². The second-order valence-electron chi connectivity index (χ2n) is 6.14. The average molecular weight is 368 g/mol. The summed E-state index contributed by atoms with van der Waals surface area (Å²) < 4.78 is 4.95. The lowest BCUT2D eigenvalue weighted by atomic mass is 9.90. The van der Waals surface area contributed by atoms with E-state index in [1.54, 1.807) is 12.3 Å². The zero-order valence-corrected chi connectivity index (χ0v) is 15.3. The lowest BCUT2D eigenvalue weighted by Crippen LogP contribution is -2.11. The number of methoxy groups -OCH3 is 1. The molecule has 0 unspecified atom stereocenters. The molecule has 0 aliphatic rings. The van der Waals surface area contributed by atoms with Gasteiger partial charge in [-0.3, -0.25) is 4.79 Å². The predicted molar refractivity (Wildman–Crippen MR) is 102 cm³/mol. The van der Waals surface area contributed by atoms with Crippen molar-refractivity contribution in [3.63, 3.8) is 0 Å². The summed E-state index contributed by atoms with van der Waals surface area (Å²) in [6.45, 7) is 1.52. The van der Waals surface area contributed by atoms with Gasteiger partial charge in [0.1, 0.15) is 10.9 Å². The summed E-state index contributed by atoms with van der Waals surface area (Å²) in [5.74, 6) is -0.447. The van der Waals surface area contributed by atoms with Crippen LogP contribution in [0.4, 0.5) is 0 Å². The van der Waals surface area contributed by atoms with Gasteiger partial charge in [-0.25, -0.2) is 9.78 Å². The van der Waals surface area contributed by atoms with E-state index >= 15 is 0 Å². The summed E-state index contributed by atoms with van der Waals surface area (Å²) >= 11 is 5.86. The van der Waals surface area contributed by atoms with E-state index in [1.165, 1.54) is 14.0 Å². The molecule has 2 aromatic carbocycles. The summed E-state index contributed by atoms with van der Waals surface area (Å²) in [5, 5.41) is 2.33. The van der Waals surface area contributed by atoms with Crippen LogP contribution in [0, 0.1) is 0 Å². The zero-order valence-electron chi connectivity index (χ0n) is 14.6. The Kier molecular flexibility index (Phi) is 5.33. The minimum absolute atomic E-state index is 0.00467. The van der Waals surface area contributed by atoms with E-state index < -0.39 is 5.97 Å². The highest BCUT2D eigenvalue weighted by Crippen LogP contribution is 2.29. The third-order valence-electron chi connectivity index (χ3n) is 4.26. The monoisotopic (exact) mass is 367 g/mol. The van der Waals surface area contributed by atoms with Crippen molar-refractivity contribution < 1.29 is 14.3 Å². The molecule has 1 heterocycles. The van der Waals surface area contributed by atoms with Crippen molar-refractivity contribution >= 4 is 34.1 Å². The number of hydrogen-bond donors (Lipinski definition) is 0. The Bertz CT molecular complexity index is 980. The molecule has 4 nitrogen and oxygen atoms in total. The molecular weight excluding hydrogens is 350 g/mol. The molecule has 1 aromatic heterocycles. The molecule has 0 N–H and O–H groups in total. The highest BCUT2D eigenvalue weighted by molar-refractivity contribution is 6.29. The number of aromatic nitrogens is 1. The van der Waals surface area contributed by atoms with Gasteiger partial charge < -0.3 is 4.74 Å². The highest BCUT2D eigenvalue weighted by atomic mass is 35.5. The smallest absolute Gasteiger partial charge is 0.338 e. The van der Waals surface area contributed by atoms with E-state index in [0.29, 0.717) is 22.7 Å². The molecule has 0 saturated carbocycles. The first-order valence-corrected chi connectivity index (χ1v) is 8.59. The first-order valence-electron chi connectivity index (χ1n) is 8.21. The number of Topliss-reactive ketones (excluding diaryl/α,β-unsaturated/α-hetero) is 1. The number of fused-ring (bicyclic) bond motifs is 1. The van der Waals surface area contributed by atoms with Gasteiger partial charge in [0, 0.05) is 12.6 Å². The molecule has 0 aliphatic carbocycles. The first kappa shape index (κ1) is 18.1. The topological polar surface area (TPSA) is 56.3 Å². The van der Waals surface area contributed by atoms with Gasteiger partial charge in [0.2, 0.25) is 0 Å². The first-order chi connectivity index (χ1) is 12.5. The summed E-state index contributed by atoms with van der Waals surface area (Å²) in [6.07, 6.45) is 2.50. The Morgan fingerprint density at radius 2 is 1.85 bits per heavy atom. The van der Waals surface area contributed by atoms with Gasteiger partial charge in [-0.1, -0.05) is 41.9 Å². The Balaban J connectivity index is 2.21. The summed E-state index contributed by atoms with van der Waals surface area (Å²) in [4.78, 5) is 28.2. The fourth-order valence-electron chi connectivity index (χ4n) is 3.12. The van der Waals surface area contributed by atoms with Gasteiger partial charge in [0.25, 0.3) is 0 Å². The van der Waals surface area contributed by atoms with Gasteiger partial charge in [0.05, 0.1) is 12.7 Å². The number of hydrogen-bond acceptors (Lipinski definition) is 4. The third kappa shape index (κ3) is 3.75. The lowest BCUT2D eigenvalue weighted by Gasteiger charge is -2.15. The van der Waals surface area contributed by atoms with Gasteiger partial charge in [-0.15, -0.1) is 0 Å². The number of benzene rings is 2. The van der Waals surface area contributed by atoms with Crippen molar-refractivity contribution in [3.8, 4) is 0 Å². The fraction of sp³-hybridized carbons (Fsp3) is 0.190. The number of rotatable bonds is 5. The SMILES string of the molecule is COC(=O)c1cc(Cc2ccc(Cl)nc2)c2ccccc2c1CC(C)=O. The molecule has 0 aliphatic heterocycles. The van der Waals surface area contributed by atoms with Crippen molar-refractivity contribution in [1.82, 2.24) is 4.98 Å². The molecule has 0 saturated heterocycles. The largest absolute Gasteiger partial charge is 0.465 e. The predicted octanol–water partition coefficient (Wildman–Crippen LogP) is 4.40. The van der Waals surface area contributed by atoms with Crippen molar-refractivity contribution in [2.45, 2.75) is 19.8 Å². The highest BCUT2D eigenvalue weighted by Gasteiger charge is 2.19. The number of ether oxygens (including phenoxy) is 1. The number of carbonyl (C=O) groups excluding carboxylic acids is 2. The van der Waals surface area contributed by atoms with Crippen molar-refractivity contribution in [3.05, 3.63) is 76.1 Å². The van der Waals surface area contributed by atoms with Crippen LogP contribution >= 0.6 is 11.6 Å². The molecule has 3 rings (SSSR count). The lowest BCUT2D eigenvalue weighted by molar-refractivity contribution is -0.116. The van der Waals surface area contributed by atoms with Crippen molar-refractivity contribution in [1.29, 1.82) is 0 Å². The molecule has 0 fully saturated rings. The van der Waals surface area contributed by atoms with E-state index in [0.717, 1.165) is 21.9 Å². The molecule has 132 valence electrons. The third-order valence-corrected chi connectivity index (χ3v) is 4.48. The van der Waals surface area contributed by atoms with Gasteiger partial charge >= 0.3 is 5.97 Å². The van der Waals surface area contributed by atoms with Crippen LogP contribution < -0.4 is 0 Å². The number of pyridine rings is 1. The van der Waals surface area contributed by atoms with Crippen LogP contribution in [0.5, 0.6) is 0 Å². The van der Waals surface area contributed by atoms with Crippen LogP contribution in [0.15, 0.2) is 48.7 Å². The summed E-state index contributed by atoms with van der Waals surface area (Å²) in [5.41, 5.74) is 3.09. The minimum Gasteiger partial charge on any atom is -0.465 e. The number of esters is 1. The maximum Gasteiger partial charge on any atom is 0.338 e. The second-order valence-corrected chi connectivity index (χ2v) is 6.53. The van der Waals surface area contributed by atoms with E-state index in [1.807, 2.05) is 36.4 Å². The maximum absolute atomic E-state index is 12.3. The quantitative estimate of drug-likeness (QED) is 0.495. The molecule has 5 heteroatoms. The molecule has 0 amide bonds. The summed E-state index contributed by atoms with van der Waals surface area (Å²) in [6, 6.07) is 13.3. The van der Waals surface area contributed by atoms with Gasteiger partial charge in [-0.05, 0) is 52.9 Å². The fourth-order valence-corrected chi connectivity index (χ4v) is 3.23. The normalized spacial score (nSPS) is 10.7. The Hall–Kier alpha value is -2.72. The second kappa shape index (κ2) is 7.67. The number of nitrogens with zero attached hydrogens (tertiary/aromatic N) is 1. The number of halogens is 1. The van der Waals surface area contributed by atoms with Crippen LogP contribution in [0.25, 0.3) is 10.8 Å². The zero-order chi connectivity index (χ0) is 18.7. The minimum atomic E-state index is -0.442. The van der Waals surface area contributed by atoms with Crippen molar-refractivity contribution in [2.24, 2.45) is 0 Å². The maximum atomic E-state index is 12.3. The number of carbonyl (C=O) groups is 2. The molecule has 0 spiro atoms. The van der Waals surface area contributed by atoms with Crippen LogP contribution in [-0.4, -0.2) is 23.8 Å². The number of ketones is 1. The van der Waals surface area contributed by atoms with E-state index in [9.17, 15) is 9.59 Å². The van der Waals surface area contributed by atoms with Crippen LogP contribution in [0.2, 0.25) is 5.15 Å². The molecule has 26 heavy (non-hydrogen) atoms. The Morgan fingerprint density at radius 1 is 1.12 bits per heavy atom. The van der Waals surface area contributed by atoms with Crippen LogP contribution in [0.1, 0.15) is 34.0 Å².